The van der Waals surface area contributed by atoms with Crippen molar-refractivity contribution >= 4 is 35.2 Å². The van der Waals surface area contributed by atoms with Gasteiger partial charge in [0.15, 0.2) is 0 Å². The summed E-state index contributed by atoms with van der Waals surface area (Å²) in [5.41, 5.74) is 0.949. The van der Waals surface area contributed by atoms with E-state index in [1.165, 1.54) is 0 Å². The van der Waals surface area contributed by atoms with E-state index in [9.17, 15) is 14.4 Å². The van der Waals surface area contributed by atoms with E-state index in [1.807, 2.05) is 0 Å². The van der Waals surface area contributed by atoms with Crippen molar-refractivity contribution in [3.05, 3.63) is 29.8 Å². The van der Waals surface area contributed by atoms with Gasteiger partial charge < -0.3 is 15.7 Å². The SMILES string of the molecule is CC(C)CCSCC(=O)Nc1ccc(C(=O)NCC(=O)O)cc1. The summed E-state index contributed by atoms with van der Waals surface area (Å²) in [7, 11) is 0. The van der Waals surface area contributed by atoms with E-state index in [-0.39, 0.29) is 5.91 Å². The molecule has 1 aromatic carbocycles. The van der Waals surface area contributed by atoms with Crippen molar-refractivity contribution in [2.45, 2.75) is 20.3 Å². The Morgan fingerprint density at radius 1 is 1.17 bits per heavy atom. The highest BCUT2D eigenvalue weighted by molar-refractivity contribution is 7.99. The van der Waals surface area contributed by atoms with Crippen molar-refractivity contribution in [2.24, 2.45) is 5.92 Å². The molecule has 0 aliphatic heterocycles. The van der Waals surface area contributed by atoms with Crippen LogP contribution in [-0.2, 0) is 9.59 Å². The summed E-state index contributed by atoms with van der Waals surface area (Å²) >= 11 is 1.59. The second kappa shape index (κ2) is 9.89. The van der Waals surface area contributed by atoms with E-state index in [2.05, 4.69) is 24.5 Å². The van der Waals surface area contributed by atoms with Gasteiger partial charge in [0.2, 0.25) is 5.91 Å². The number of carbonyl (C=O) groups excluding carboxylic acids is 2. The smallest absolute Gasteiger partial charge is 0.322 e. The van der Waals surface area contributed by atoms with Crippen LogP contribution >= 0.6 is 11.8 Å². The average Bonchev–Trinajstić information content (AvgIpc) is 2.49. The second-order valence-electron chi connectivity index (χ2n) is 5.44. The van der Waals surface area contributed by atoms with Crippen molar-refractivity contribution in [3.8, 4) is 0 Å². The van der Waals surface area contributed by atoms with Gasteiger partial charge in [-0.3, -0.25) is 14.4 Å². The Labute approximate surface area is 140 Å². The fourth-order valence-electron chi connectivity index (χ4n) is 1.64. The second-order valence-corrected chi connectivity index (χ2v) is 6.54. The highest BCUT2D eigenvalue weighted by atomic mass is 32.2. The number of rotatable bonds is 9. The van der Waals surface area contributed by atoms with Crippen LogP contribution in [0.3, 0.4) is 0 Å². The topological polar surface area (TPSA) is 95.5 Å². The molecule has 2 amide bonds. The van der Waals surface area contributed by atoms with Crippen LogP contribution in [0.4, 0.5) is 5.69 Å². The van der Waals surface area contributed by atoms with Gasteiger partial charge in [0.25, 0.3) is 5.91 Å². The molecule has 1 aromatic rings. The molecule has 0 aromatic heterocycles. The van der Waals surface area contributed by atoms with Gasteiger partial charge in [-0.2, -0.15) is 11.8 Å². The molecule has 0 aliphatic carbocycles. The van der Waals surface area contributed by atoms with Crippen molar-refractivity contribution in [1.82, 2.24) is 5.32 Å². The Hall–Kier alpha value is -2.02. The summed E-state index contributed by atoms with van der Waals surface area (Å²) in [6, 6.07) is 6.32. The standard InChI is InChI=1S/C16H22N2O4S/c1-11(2)7-8-23-10-14(19)18-13-5-3-12(4-6-13)16(22)17-9-15(20)21/h3-6,11H,7-10H2,1-2H3,(H,17,22)(H,18,19)(H,20,21). The van der Waals surface area contributed by atoms with Crippen LogP contribution in [-0.4, -0.2) is 40.9 Å². The lowest BCUT2D eigenvalue weighted by Gasteiger charge is -2.07. The number of thioether (sulfide) groups is 1. The minimum atomic E-state index is -1.10. The molecular formula is C16H22N2O4S. The molecule has 0 unspecified atom stereocenters. The van der Waals surface area contributed by atoms with Gasteiger partial charge in [-0.1, -0.05) is 13.8 Å². The lowest BCUT2D eigenvalue weighted by molar-refractivity contribution is -0.135. The maximum Gasteiger partial charge on any atom is 0.322 e. The van der Waals surface area contributed by atoms with Crippen LogP contribution in [0.15, 0.2) is 24.3 Å². The molecule has 23 heavy (non-hydrogen) atoms. The first-order valence-corrected chi connectivity index (χ1v) is 8.51. The summed E-state index contributed by atoms with van der Waals surface area (Å²) < 4.78 is 0. The fraction of sp³-hybridized carbons (Fsp3) is 0.438. The number of amides is 2. The highest BCUT2D eigenvalue weighted by Gasteiger charge is 2.08. The van der Waals surface area contributed by atoms with Gasteiger partial charge in [-0.15, -0.1) is 0 Å². The third-order valence-electron chi connectivity index (χ3n) is 2.90. The number of carbonyl (C=O) groups is 3. The Kier molecular flexibility index (Phi) is 8.18. The fourth-order valence-corrected chi connectivity index (χ4v) is 2.68. The monoisotopic (exact) mass is 338 g/mol. The zero-order chi connectivity index (χ0) is 17.2. The van der Waals surface area contributed by atoms with Gasteiger partial charge in [0.1, 0.15) is 6.54 Å². The lowest BCUT2D eigenvalue weighted by atomic mass is 10.2. The molecule has 126 valence electrons. The summed E-state index contributed by atoms with van der Waals surface area (Å²) in [5.74, 6) is 0.334. The van der Waals surface area contributed by atoms with Crippen LogP contribution in [0.5, 0.6) is 0 Å². The van der Waals surface area contributed by atoms with Crippen LogP contribution in [0.2, 0.25) is 0 Å². The normalized spacial score (nSPS) is 10.4. The first-order valence-electron chi connectivity index (χ1n) is 7.36. The number of carboxylic acid groups (broad SMARTS) is 1. The number of benzene rings is 1. The van der Waals surface area contributed by atoms with Crippen LogP contribution in [0.1, 0.15) is 30.6 Å². The van der Waals surface area contributed by atoms with Gasteiger partial charge in [-0.25, -0.2) is 0 Å². The van der Waals surface area contributed by atoms with E-state index in [0.29, 0.717) is 22.9 Å². The molecule has 0 aliphatic rings. The molecule has 0 radical (unpaired) electrons. The van der Waals surface area contributed by atoms with Crippen LogP contribution < -0.4 is 10.6 Å². The predicted octanol–water partition coefficient (Wildman–Crippen LogP) is 2.22. The summed E-state index contributed by atoms with van der Waals surface area (Å²) in [6.07, 6.45) is 1.08. The first kappa shape index (κ1) is 19.0. The summed E-state index contributed by atoms with van der Waals surface area (Å²) in [4.78, 5) is 33.8. The molecule has 7 heteroatoms. The van der Waals surface area contributed by atoms with Crippen molar-refractivity contribution in [2.75, 3.05) is 23.4 Å². The Bertz CT molecular complexity index is 544. The third-order valence-corrected chi connectivity index (χ3v) is 3.89. The molecule has 6 nitrogen and oxygen atoms in total. The largest absolute Gasteiger partial charge is 0.480 e. The molecule has 0 bridgehead atoms. The summed E-state index contributed by atoms with van der Waals surface area (Å²) in [6.45, 7) is 3.87. The first-order chi connectivity index (χ1) is 10.9. The average molecular weight is 338 g/mol. The zero-order valence-corrected chi connectivity index (χ0v) is 14.1. The molecule has 1 rings (SSSR count). The zero-order valence-electron chi connectivity index (χ0n) is 13.3. The number of anilines is 1. The molecule has 0 atom stereocenters. The minimum Gasteiger partial charge on any atom is -0.480 e. The van der Waals surface area contributed by atoms with Crippen LogP contribution in [0, 0.1) is 5.92 Å². The number of hydrogen-bond acceptors (Lipinski definition) is 4. The van der Waals surface area contributed by atoms with Crippen LogP contribution in [0.25, 0.3) is 0 Å². The van der Waals surface area contributed by atoms with Crippen molar-refractivity contribution in [1.29, 1.82) is 0 Å². The number of hydrogen-bond donors (Lipinski definition) is 3. The van der Waals surface area contributed by atoms with Crippen molar-refractivity contribution in [3.63, 3.8) is 0 Å². The van der Waals surface area contributed by atoms with E-state index in [0.717, 1.165) is 12.2 Å². The lowest BCUT2D eigenvalue weighted by Crippen LogP contribution is -2.29. The molecule has 0 saturated heterocycles. The number of aliphatic carboxylic acids is 1. The van der Waals surface area contributed by atoms with Gasteiger partial charge >= 0.3 is 5.97 Å². The third kappa shape index (κ3) is 8.25. The maximum absolute atomic E-state index is 11.8. The van der Waals surface area contributed by atoms with Gasteiger partial charge in [0.05, 0.1) is 5.75 Å². The molecule has 0 saturated carbocycles. The number of carboxylic acids is 1. The van der Waals surface area contributed by atoms with E-state index in [4.69, 9.17) is 5.11 Å². The van der Waals surface area contributed by atoms with E-state index in [1.54, 1.807) is 36.0 Å². The van der Waals surface area contributed by atoms with E-state index >= 15 is 0 Å². The quantitative estimate of drug-likeness (QED) is 0.600. The Morgan fingerprint density at radius 2 is 1.83 bits per heavy atom. The number of nitrogens with one attached hydrogen (secondary N) is 2. The van der Waals surface area contributed by atoms with Gasteiger partial charge in [-0.05, 0) is 42.4 Å². The van der Waals surface area contributed by atoms with Crippen molar-refractivity contribution < 1.29 is 19.5 Å². The highest BCUT2D eigenvalue weighted by Crippen LogP contribution is 2.12. The van der Waals surface area contributed by atoms with Gasteiger partial charge in [0, 0.05) is 11.3 Å². The molecule has 0 heterocycles. The predicted molar refractivity (Wildman–Crippen MR) is 91.8 cm³/mol. The minimum absolute atomic E-state index is 0.0816. The molecule has 3 N–H and O–H groups in total. The Morgan fingerprint density at radius 3 is 2.39 bits per heavy atom. The maximum atomic E-state index is 11.8. The van der Waals surface area contributed by atoms with E-state index < -0.39 is 18.4 Å². The molecule has 0 spiro atoms. The molecule has 0 fully saturated rings. The molecular weight excluding hydrogens is 316 g/mol. The Balaban J connectivity index is 2.39. The summed E-state index contributed by atoms with van der Waals surface area (Å²) in [5, 5.41) is 13.5.